The summed E-state index contributed by atoms with van der Waals surface area (Å²) in [5, 5.41) is 0. The number of hydrogen-bond donors (Lipinski definition) is 0. The third-order valence-electron chi connectivity index (χ3n) is 0. The molecule has 0 bridgehead atoms. The molecule has 0 fully saturated rings. The average molecular weight is 372 g/mol. The first-order chi connectivity index (χ1) is 4.00. The van der Waals surface area contributed by atoms with Gasteiger partial charge in [0.1, 0.15) is 0 Å². The van der Waals surface area contributed by atoms with Gasteiger partial charge in [0.05, 0.1) is 0 Å². The smallest absolute Gasteiger partial charge is 0.822 e. The van der Waals surface area contributed by atoms with Gasteiger partial charge in [-0.1, -0.05) is 0 Å². The van der Waals surface area contributed by atoms with E-state index in [-0.39, 0.29) is 41.0 Å². The largest absolute Gasteiger partial charge is 4.00 e. The monoisotopic (exact) mass is 373 g/mol. The molecule has 0 aromatic rings. The molecule has 0 aromatic heterocycles. The van der Waals surface area contributed by atoms with Crippen LogP contribution in [-0.2, 0) is 26.2 Å². The van der Waals surface area contributed by atoms with Gasteiger partial charge >= 0.3 is 41.0 Å². The molecule has 0 aliphatic rings. The van der Waals surface area contributed by atoms with Gasteiger partial charge < -0.3 is 38.5 Å². The second-order valence-corrected chi connectivity index (χ2v) is 2.68. The van der Waals surface area contributed by atoms with Crippen molar-refractivity contribution in [2.45, 2.75) is 0 Å². The summed E-state index contributed by atoms with van der Waals surface area (Å²) in [5.41, 5.74) is 0. The van der Waals surface area contributed by atoms with Crippen LogP contribution in [-0.4, -0.2) is 23.9 Å². The molecule has 8 nitrogen and oxygen atoms in total. The number of hydrogen-bond acceptors (Lipinski definition) is 8. The minimum Gasteiger partial charge on any atom is -0.822 e. The second-order valence-electron chi connectivity index (χ2n) is 0.894. The van der Waals surface area contributed by atoms with E-state index in [2.05, 4.69) is 0 Å². The normalized spacial score (nSPS) is 9.83. The van der Waals surface area contributed by atoms with Gasteiger partial charge in [-0.05, 0) is 0 Å². The van der Waals surface area contributed by atoms with Crippen molar-refractivity contribution in [1.29, 1.82) is 0 Å². The quantitative estimate of drug-likeness (QED) is 0.298. The summed E-state index contributed by atoms with van der Waals surface area (Å²) >= 11 is 0. The van der Waals surface area contributed by atoms with Crippen molar-refractivity contribution < 1.29 is 55.6 Å². The molecule has 0 amide bonds. The zero-order valence-electron chi connectivity index (χ0n) is 4.96. The van der Waals surface area contributed by atoms with Crippen LogP contribution in [0.3, 0.4) is 0 Å². The Balaban J connectivity index is -0.0000000457. The van der Waals surface area contributed by atoms with Gasteiger partial charge in [0.25, 0.3) is 0 Å². The molecule has 0 saturated heterocycles. The standard InChI is InChI=1S/Cu.2H3O4P.Sn/c;2*1-5(2,3)4;/h;2*(H3,1,2,3,4);/q+2;;;+4/p-6. The van der Waals surface area contributed by atoms with E-state index in [9.17, 15) is 0 Å². The van der Waals surface area contributed by atoms with Crippen LogP contribution in [0.1, 0.15) is 0 Å². The predicted octanol–water partition coefficient (Wildman–Crippen LogP) is -6.03. The molecule has 0 heterocycles. The summed E-state index contributed by atoms with van der Waals surface area (Å²) in [6.45, 7) is 0. The van der Waals surface area contributed by atoms with E-state index in [1.165, 1.54) is 0 Å². The zero-order chi connectivity index (χ0) is 9.00. The van der Waals surface area contributed by atoms with Crippen LogP contribution in [0.5, 0.6) is 0 Å². The van der Waals surface area contributed by atoms with Gasteiger partial charge in [0.2, 0.25) is 0 Å². The fraction of sp³-hybridized carbons (Fsp3) is 0. The maximum Gasteiger partial charge on any atom is 4.00 e. The molecule has 12 heavy (non-hydrogen) atoms. The van der Waals surface area contributed by atoms with E-state index in [1.54, 1.807) is 0 Å². The molecule has 0 saturated carbocycles. The molecule has 0 N–H and O–H groups in total. The Hall–Kier alpha value is 1.54. The molecule has 0 spiro atoms. The zero-order valence-corrected chi connectivity index (χ0v) is 10.5. The third-order valence-corrected chi connectivity index (χ3v) is 0. The van der Waals surface area contributed by atoms with Crippen molar-refractivity contribution in [1.82, 2.24) is 0 Å². The van der Waals surface area contributed by atoms with Crippen LogP contribution < -0.4 is 29.4 Å². The van der Waals surface area contributed by atoms with Crippen LogP contribution in [0.25, 0.3) is 0 Å². The molecular formula is CuO8P2Sn. The summed E-state index contributed by atoms with van der Waals surface area (Å²) in [5.74, 6) is 0. The Kier molecular flexibility index (Phi) is 17.8. The average Bonchev–Trinajstić information content (AvgIpc) is 1.12. The van der Waals surface area contributed by atoms with E-state index < -0.39 is 15.6 Å². The minimum atomic E-state index is -5.39. The summed E-state index contributed by atoms with van der Waals surface area (Å²) in [6.07, 6.45) is 0. The van der Waals surface area contributed by atoms with Gasteiger partial charge in [-0.3, -0.25) is 0 Å². The molecule has 0 aromatic carbocycles. The first-order valence-corrected chi connectivity index (χ1v) is 4.38. The number of rotatable bonds is 0. The van der Waals surface area contributed by atoms with Crippen molar-refractivity contribution in [2.75, 3.05) is 0 Å². The van der Waals surface area contributed by atoms with E-state index >= 15 is 0 Å². The third kappa shape index (κ3) is 542. The molecule has 0 aliphatic heterocycles. The van der Waals surface area contributed by atoms with E-state index in [1.807, 2.05) is 0 Å². The SMILES string of the molecule is O=P([O-])([O-])[O-].O=P([O-])([O-])[O-].[Cu+2].[Sn+4]. The van der Waals surface area contributed by atoms with Crippen molar-refractivity contribution in [3.63, 3.8) is 0 Å². The summed E-state index contributed by atoms with van der Waals surface area (Å²) in [6, 6.07) is 0. The van der Waals surface area contributed by atoms with Gasteiger partial charge in [-0.25, -0.2) is 0 Å². The second kappa shape index (κ2) is 9.11. The Morgan fingerprint density at radius 1 is 0.667 bits per heavy atom. The molecule has 0 aliphatic carbocycles. The maximum absolute atomic E-state index is 8.55. The van der Waals surface area contributed by atoms with Crippen LogP contribution in [0.4, 0.5) is 0 Å². The van der Waals surface area contributed by atoms with Crippen LogP contribution >= 0.6 is 15.6 Å². The van der Waals surface area contributed by atoms with Crippen LogP contribution in [0.2, 0.25) is 0 Å². The Morgan fingerprint density at radius 3 is 0.667 bits per heavy atom. The molecule has 12 heteroatoms. The Labute approximate surface area is 94.9 Å². The first kappa shape index (κ1) is 23.4. The topological polar surface area (TPSA) is 172 Å². The molecule has 0 atom stereocenters. The van der Waals surface area contributed by atoms with Crippen molar-refractivity contribution in [2.24, 2.45) is 0 Å². The minimum absolute atomic E-state index is 0. The van der Waals surface area contributed by atoms with E-state index in [0.29, 0.717) is 0 Å². The van der Waals surface area contributed by atoms with Gasteiger partial charge in [-0.15, -0.1) is 0 Å². The summed E-state index contributed by atoms with van der Waals surface area (Å²) in [4.78, 5) is 51.3. The predicted molar refractivity (Wildman–Crippen MR) is 21.0 cm³/mol. The molecule has 0 unspecified atom stereocenters. The summed E-state index contributed by atoms with van der Waals surface area (Å²) < 4.78 is 17.1. The van der Waals surface area contributed by atoms with Crippen molar-refractivity contribution >= 4 is 39.6 Å². The van der Waals surface area contributed by atoms with Crippen molar-refractivity contribution in [3.05, 3.63) is 0 Å². The fourth-order valence-corrected chi connectivity index (χ4v) is 0. The maximum atomic E-state index is 8.55. The van der Waals surface area contributed by atoms with Gasteiger partial charge in [-0.2, -0.15) is 15.6 Å². The van der Waals surface area contributed by atoms with Gasteiger partial charge in [0, 0.05) is 0 Å². The molecule has 73 valence electrons. The molecular weight excluding hydrogens is 372 g/mol. The number of phosphoric acid groups is 2. The van der Waals surface area contributed by atoms with Crippen molar-refractivity contribution in [3.8, 4) is 0 Å². The molecule has 0 rings (SSSR count). The van der Waals surface area contributed by atoms with E-state index in [0.717, 1.165) is 0 Å². The first-order valence-electron chi connectivity index (χ1n) is 1.46. The summed E-state index contributed by atoms with van der Waals surface area (Å²) in [7, 11) is -10.8. The van der Waals surface area contributed by atoms with Crippen LogP contribution in [0.15, 0.2) is 0 Å². The Morgan fingerprint density at radius 2 is 0.667 bits per heavy atom. The fourth-order valence-electron chi connectivity index (χ4n) is 0. The van der Waals surface area contributed by atoms with Gasteiger partial charge in [0.15, 0.2) is 0 Å². The van der Waals surface area contributed by atoms with E-state index in [4.69, 9.17) is 38.5 Å². The Bertz CT molecular complexity index is 129. The van der Waals surface area contributed by atoms with Crippen LogP contribution in [0, 0.1) is 0 Å². The molecule has 1 radical (unpaired) electrons.